The Morgan fingerprint density at radius 1 is 1.45 bits per heavy atom. The smallest absolute Gasteiger partial charge is 0.416 e. The Kier molecular flexibility index (Phi) is 4.23. The molecule has 1 fully saturated rings. The summed E-state index contributed by atoms with van der Waals surface area (Å²) >= 11 is 3.19. The highest BCUT2D eigenvalue weighted by Crippen LogP contribution is 2.24. The Labute approximate surface area is 122 Å². The van der Waals surface area contributed by atoms with Gasteiger partial charge >= 0.3 is 12.1 Å². The van der Waals surface area contributed by atoms with Gasteiger partial charge in [0.25, 0.3) is 5.91 Å². The fourth-order valence-corrected chi connectivity index (χ4v) is 1.97. The van der Waals surface area contributed by atoms with Gasteiger partial charge in [0.15, 0.2) is 6.61 Å². The summed E-state index contributed by atoms with van der Waals surface area (Å²) in [7, 11) is 0. The molecule has 1 heterocycles. The molecular weight excluding hydrogens is 334 g/mol. The van der Waals surface area contributed by atoms with Crippen molar-refractivity contribution in [3.8, 4) is 5.75 Å². The molecular formula is C12H10BrNO6. The van der Waals surface area contributed by atoms with E-state index in [0.717, 1.165) is 4.90 Å². The van der Waals surface area contributed by atoms with Crippen LogP contribution >= 0.6 is 15.9 Å². The standard InChI is InChI=1S/C12H10BrNO6/c13-7-1-2-8(11(16)17)9(5-7)20-6-10(15)14-3-4-19-12(14)18/h1-2,5H,3-4,6H2,(H,16,17). The van der Waals surface area contributed by atoms with E-state index in [1.807, 2.05) is 0 Å². The van der Waals surface area contributed by atoms with Crippen LogP contribution in [0, 0.1) is 0 Å². The van der Waals surface area contributed by atoms with Gasteiger partial charge in [0.2, 0.25) is 0 Å². The summed E-state index contributed by atoms with van der Waals surface area (Å²) in [6, 6.07) is 4.35. The van der Waals surface area contributed by atoms with Gasteiger partial charge in [-0.3, -0.25) is 4.79 Å². The highest BCUT2D eigenvalue weighted by molar-refractivity contribution is 9.10. The van der Waals surface area contributed by atoms with Crippen LogP contribution in [0.15, 0.2) is 22.7 Å². The number of nitrogens with zero attached hydrogens (tertiary/aromatic N) is 1. The zero-order chi connectivity index (χ0) is 14.7. The molecule has 0 aromatic heterocycles. The molecule has 1 saturated heterocycles. The molecule has 20 heavy (non-hydrogen) atoms. The maximum absolute atomic E-state index is 11.7. The van der Waals surface area contributed by atoms with Crippen molar-refractivity contribution in [2.75, 3.05) is 19.8 Å². The number of halogens is 1. The topological polar surface area (TPSA) is 93.1 Å². The van der Waals surface area contributed by atoms with Crippen LogP contribution in [0.2, 0.25) is 0 Å². The van der Waals surface area contributed by atoms with Crippen molar-refractivity contribution in [2.45, 2.75) is 0 Å². The maximum Gasteiger partial charge on any atom is 0.416 e. The zero-order valence-corrected chi connectivity index (χ0v) is 11.8. The number of hydrogen-bond acceptors (Lipinski definition) is 5. The number of imide groups is 1. The van der Waals surface area contributed by atoms with Crippen molar-refractivity contribution in [3.05, 3.63) is 28.2 Å². The molecule has 0 saturated carbocycles. The summed E-state index contributed by atoms with van der Waals surface area (Å²) in [6.45, 7) is -0.112. The van der Waals surface area contributed by atoms with Crippen molar-refractivity contribution >= 4 is 33.9 Å². The van der Waals surface area contributed by atoms with Crippen LogP contribution in [0.1, 0.15) is 10.4 Å². The molecule has 106 valence electrons. The average molecular weight is 344 g/mol. The predicted molar refractivity (Wildman–Crippen MR) is 69.7 cm³/mol. The summed E-state index contributed by atoms with van der Waals surface area (Å²) < 4.78 is 10.4. The lowest BCUT2D eigenvalue weighted by Crippen LogP contribution is -2.35. The molecule has 0 radical (unpaired) electrons. The normalized spacial score (nSPS) is 14.1. The van der Waals surface area contributed by atoms with Crippen molar-refractivity contribution in [1.82, 2.24) is 4.90 Å². The van der Waals surface area contributed by atoms with E-state index in [2.05, 4.69) is 20.7 Å². The summed E-state index contributed by atoms with van der Waals surface area (Å²) in [5, 5.41) is 9.01. The van der Waals surface area contributed by atoms with E-state index in [4.69, 9.17) is 9.84 Å². The highest BCUT2D eigenvalue weighted by Gasteiger charge is 2.28. The van der Waals surface area contributed by atoms with Crippen LogP contribution in [-0.2, 0) is 9.53 Å². The van der Waals surface area contributed by atoms with Crippen LogP contribution in [0.5, 0.6) is 5.75 Å². The molecule has 7 nitrogen and oxygen atoms in total. The Balaban J connectivity index is 2.07. The quantitative estimate of drug-likeness (QED) is 0.890. The Morgan fingerprint density at radius 2 is 2.20 bits per heavy atom. The van der Waals surface area contributed by atoms with Crippen LogP contribution in [0.25, 0.3) is 0 Å². The first kappa shape index (κ1) is 14.3. The Bertz CT molecular complexity index is 573. The lowest BCUT2D eigenvalue weighted by Gasteiger charge is -2.13. The largest absolute Gasteiger partial charge is 0.483 e. The van der Waals surface area contributed by atoms with Crippen molar-refractivity contribution < 1.29 is 29.0 Å². The van der Waals surface area contributed by atoms with Gasteiger partial charge in [-0.1, -0.05) is 15.9 Å². The second-order valence-electron chi connectivity index (χ2n) is 3.89. The molecule has 0 bridgehead atoms. The lowest BCUT2D eigenvalue weighted by molar-refractivity contribution is -0.129. The third-order valence-corrected chi connectivity index (χ3v) is 3.08. The van der Waals surface area contributed by atoms with E-state index in [1.54, 1.807) is 6.07 Å². The van der Waals surface area contributed by atoms with Crippen LogP contribution in [0.4, 0.5) is 4.79 Å². The summed E-state index contributed by atoms with van der Waals surface area (Å²) in [6.07, 6.45) is -0.716. The summed E-state index contributed by atoms with van der Waals surface area (Å²) in [5.74, 6) is -1.70. The molecule has 1 aliphatic rings. The lowest BCUT2D eigenvalue weighted by atomic mass is 10.2. The van der Waals surface area contributed by atoms with Gasteiger partial charge in [0.05, 0.1) is 6.54 Å². The Morgan fingerprint density at radius 3 is 2.80 bits per heavy atom. The number of amides is 2. The summed E-state index contributed by atoms with van der Waals surface area (Å²) in [5.41, 5.74) is -0.0648. The van der Waals surface area contributed by atoms with E-state index in [1.165, 1.54) is 12.1 Å². The fraction of sp³-hybridized carbons (Fsp3) is 0.250. The van der Waals surface area contributed by atoms with Gasteiger partial charge in [-0.2, -0.15) is 0 Å². The predicted octanol–water partition coefficient (Wildman–Crippen LogP) is 1.50. The molecule has 1 aliphatic heterocycles. The average Bonchev–Trinajstić information content (AvgIpc) is 2.82. The van der Waals surface area contributed by atoms with E-state index in [9.17, 15) is 14.4 Å². The first-order valence-electron chi connectivity index (χ1n) is 5.62. The summed E-state index contributed by atoms with van der Waals surface area (Å²) in [4.78, 5) is 34.9. The van der Waals surface area contributed by atoms with Crippen molar-refractivity contribution in [2.24, 2.45) is 0 Å². The number of cyclic esters (lactones) is 1. The second-order valence-corrected chi connectivity index (χ2v) is 4.81. The zero-order valence-electron chi connectivity index (χ0n) is 10.2. The van der Waals surface area contributed by atoms with E-state index < -0.39 is 24.6 Å². The van der Waals surface area contributed by atoms with Gasteiger partial charge in [0, 0.05) is 4.47 Å². The monoisotopic (exact) mass is 343 g/mol. The molecule has 0 atom stereocenters. The number of carbonyl (C=O) groups excluding carboxylic acids is 2. The number of aromatic carboxylic acids is 1. The minimum absolute atomic E-state index is 0.0489. The van der Waals surface area contributed by atoms with Gasteiger partial charge in [-0.25, -0.2) is 14.5 Å². The molecule has 0 spiro atoms. The third kappa shape index (κ3) is 3.08. The van der Waals surface area contributed by atoms with Crippen molar-refractivity contribution in [1.29, 1.82) is 0 Å². The van der Waals surface area contributed by atoms with E-state index in [-0.39, 0.29) is 24.5 Å². The van der Waals surface area contributed by atoms with Crippen LogP contribution < -0.4 is 4.74 Å². The Hall–Kier alpha value is -2.09. The first-order valence-corrected chi connectivity index (χ1v) is 6.41. The molecule has 0 unspecified atom stereocenters. The molecule has 1 aromatic rings. The van der Waals surface area contributed by atoms with E-state index in [0.29, 0.717) is 4.47 Å². The molecule has 2 amide bonds. The number of benzene rings is 1. The second kappa shape index (κ2) is 5.91. The maximum atomic E-state index is 11.7. The van der Waals surface area contributed by atoms with Gasteiger partial charge in [0.1, 0.15) is 17.9 Å². The molecule has 8 heteroatoms. The number of carboxylic acids is 1. The number of rotatable bonds is 4. The van der Waals surface area contributed by atoms with Crippen LogP contribution in [-0.4, -0.2) is 47.7 Å². The minimum atomic E-state index is -1.17. The number of carboxylic acid groups (broad SMARTS) is 1. The van der Waals surface area contributed by atoms with Crippen molar-refractivity contribution in [3.63, 3.8) is 0 Å². The molecule has 0 aliphatic carbocycles. The number of carbonyl (C=O) groups is 3. The third-order valence-electron chi connectivity index (χ3n) is 2.59. The van der Waals surface area contributed by atoms with Gasteiger partial charge in [-0.05, 0) is 18.2 Å². The first-order chi connectivity index (χ1) is 9.49. The molecule has 1 aromatic carbocycles. The van der Waals surface area contributed by atoms with Crippen LogP contribution in [0.3, 0.4) is 0 Å². The fourth-order valence-electron chi connectivity index (χ4n) is 1.63. The van der Waals surface area contributed by atoms with Gasteiger partial charge in [-0.15, -0.1) is 0 Å². The molecule has 1 N–H and O–H groups in total. The van der Waals surface area contributed by atoms with E-state index >= 15 is 0 Å². The highest BCUT2D eigenvalue weighted by atomic mass is 79.9. The molecule has 2 rings (SSSR count). The number of ether oxygens (including phenoxy) is 2. The minimum Gasteiger partial charge on any atom is -0.483 e. The van der Waals surface area contributed by atoms with Gasteiger partial charge < -0.3 is 14.6 Å². The number of hydrogen-bond donors (Lipinski definition) is 1. The SMILES string of the molecule is O=C(O)c1ccc(Br)cc1OCC(=O)N1CCOC1=O.